The van der Waals surface area contributed by atoms with Crippen LogP contribution in [0.4, 0.5) is 10.2 Å². The van der Waals surface area contributed by atoms with Gasteiger partial charge in [0.25, 0.3) is 0 Å². The minimum absolute atomic E-state index is 0.0616. The van der Waals surface area contributed by atoms with E-state index >= 15 is 0 Å². The molecule has 0 fully saturated rings. The number of nitrogens with zero attached hydrogens (tertiary/aromatic N) is 3. The molecule has 0 spiro atoms. The fourth-order valence-electron chi connectivity index (χ4n) is 1.42. The molecule has 94 valence electrons. The molecule has 2 rings (SSSR count). The Labute approximate surface area is 102 Å². The normalized spacial score (nSPS) is 10.3. The average Bonchev–Trinajstić information content (AvgIpc) is 2.71. The first-order chi connectivity index (χ1) is 8.63. The predicted octanol–water partition coefficient (Wildman–Crippen LogP) is 1.17. The topological polar surface area (TPSA) is 83.0 Å². The number of pyridine rings is 1. The Bertz CT molecular complexity index is 582. The molecule has 0 aromatic carbocycles. The van der Waals surface area contributed by atoms with Crippen LogP contribution in [-0.4, -0.2) is 27.3 Å². The smallest absolute Gasteiger partial charge is 0.343 e. The number of carbonyl (C=O) groups is 1. The maximum absolute atomic E-state index is 13.0. The SMILES string of the molecule is CCOC(=O)c1cnn(-c2cccc(F)n2)c1N. The average molecular weight is 250 g/mol. The lowest BCUT2D eigenvalue weighted by atomic mass is 10.3. The van der Waals surface area contributed by atoms with Crippen LogP contribution in [0.2, 0.25) is 0 Å². The summed E-state index contributed by atoms with van der Waals surface area (Å²) in [5, 5.41) is 3.89. The Balaban J connectivity index is 2.39. The van der Waals surface area contributed by atoms with E-state index in [2.05, 4.69) is 10.1 Å². The van der Waals surface area contributed by atoms with Gasteiger partial charge in [-0.25, -0.2) is 9.78 Å². The van der Waals surface area contributed by atoms with Crippen LogP contribution in [0.25, 0.3) is 5.82 Å². The second-order valence-electron chi connectivity index (χ2n) is 3.39. The molecule has 0 bridgehead atoms. The third kappa shape index (κ3) is 2.15. The predicted molar refractivity (Wildman–Crippen MR) is 61.7 cm³/mol. The van der Waals surface area contributed by atoms with Crippen molar-refractivity contribution in [1.29, 1.82) is 0 Å². The van der Waals surface area contributed by atoms with Crippen LogP contribution in [0.3, 0.4) is 0 Å². The van der Waals surface area contributed by atoms with Gasteiger partial charge in [-0.05, 0) is 19.1 Å². The molecule has 0 aliphatic carbocycles. The number of hydrogen-bond donors (Lipinski definition) is 1. The number of anilines is 1. The lowest BCUT2D eigenvalue weighted by Crippen LogP contribution is -2.09. The third-order valence-electron chi connectivity index (χ3n) is 2.22. The van der Waals surface area contributed by atoms with Crippen LogP contribution in [-0.2, 0) is 4.74 Å². The van der Waals surface area contributed by atoms with Gasteiger partial charge in [0.05, 0.1) is 12.8 Å². The Kier molecular flexibility index (Phi) is 3.22. The summed E-state index contributed by atoms with van der Waals surface area (Å²) in [6.07, 6.45) is 1.26. The van der Waals surface area contributed by atoms with Crippen LogP contribution in [0, 0.1) is 5.95 Å². The van der Waals surface area contributed by atoms with E-state index in [9.17, 15) is 9.18 Å². The molecule has 2 heterocycles. The van der Waals surface area contributed by atoms with E-state index in [-0.39, 0.29) is 23.8 Å². The summed E-state index contributed by atoms with van der Waals surface area (Å²) in [6.45, 7) is 1.92. The second kappa shape index (κ2) is 4.82. The molecule has 2 aromatic rings. The number of halogens is 1. The molecule has 2 N–H and O–H groups in total. The third-order valence-corrected chi connectivity index (χ3v) is 2.22. The fourth-order valence-corrected chi connectivity index (χ4v) is 1.42. The van der Waals surface area contributed by atoms with Crippen molar-refractivity contribution in [3.05, 3.63) is 35.9 Å². The summed E-state index contributed by atoms with van der Waals surface area (Å²) in [5.74, 6) is -0.965. The molecule has 0 amide bonds. The van der Waals surface area contributed by atoms with Gasteiger partial charge in [0.1, 0.15) is 11.4 Å². The summed E-state index contributed by atoms with van der Waals surface area (Å²) in [5.41, 5.74) is 5.88. The van der Waals surface area contributed by atoms with Crippen LogP contribution in [0.15, 0.2) is 24.4 Å². The zero-order chi connectivity index (χ0) is 13.1. The van der Waals surface area contributed by atoms with Gasteiger partial charge in [0.2, 0.25) is 5.95 Å². The fraction of sp³-hybridized carbons (Fsp3) is 0.182. The first kappa shape index (κ1) is 12.0. The number of aromatic nitrogens is 3. The molecule has 7 heteroatoms. The van der Waals surface area contributed by atoms with Gasteiger partial charge in [-0.2, -0.15) is 14.2 Å². The number of carbonyl (C=O) groups excluding carboxylic acids is 1. The van der Waals surface area contributed by atoms with Crippen LogP contribution < -0.4 is 5.73 Å². The molecule has 6 nitrogen and oxygen atoms in total. The van der Waals surface area contributed by atoms with E-state index < -0.39 is 11.9 Å². The van der Waals surface area contributed by atoms with Crippen molar-refractivity contribution in [2.75, 3.05) is 12.3 Å². The Hall–Kier alpha value is -2.44. The van der Waals surface area contributed by atoms with Crippen molar-refractivity contribution < 1.29 is 13.9 Å². The molecule has 0 saturated carbocycles. The van der Waals surface area contributed by atoms with Crippen molar-refractivity contribution in [3.63, 3.8) is 0 Å². The molecule has 2 aromatic heterocycles. The van der Waals surface area contributed by atoms with Gasteiger partial charge in [0.15, 0.2) is 5.82 Å². The zero-order valence-corrected chi connectivity index (χ0v) is 9.63. The Morgan fingerprint density at radius 1 is 1.56 bits per heavy atom. The van der Waals surface area contributed by atoms with E-state index in [4.69, 9.17) is 10.5 Å². The highest BCUT2D eigenvalue weighted by atomic mass is 19.1. The number of esters is 1. The maximum Gasteiger partial charge on any atom is 0.343 e. The van der Waals surface area contributed by atoms with E-state index in [1.807, 2.05) is 0 Å². The summed E-state index contributed by atoms with van der Waals surface area (Å²) in [4.78, 5) is 15.2. The number of hydrogen-bond acceptors (Lipinski definition) is 5. The van der Waals surface area contributed by atoms with Crippen LogP contribution in [0.5, 0.6) is 0 Å². The number of nitrogen functional groups attached to an aromatic ring is 1. The quantitative estimate of drug-likeness (QED) is 0.653. The van der Waals surface area contributed by atoms with Crippen molar-refractivity contribution in [1.82, 2.24) is 14.8 Å². The number of nitrogens with two attached hydrogens (primary N) is 1. The first-order valence-electron chi connectivity index (χ1n) is 5.27. The summed E-state index contributed by atoms with van der Waals surface area (Å²) < 4.78 is 19.0. The van der Waals surface area contributed by atoms with Crippen LogP contribution in [0.1, 0.15) is 17.3 Å². The first-order valence-corrected chi connectivity index (χ1v) is 5.27. The second-order valence-corrected chi connectivity index (χ2v) is 3.39. The molecule has 0 atom stereocenters. The van der Waals surface area contributed by atoms with Gasteiger partial charge >= 0.3 is 5.97 Å². The standard InChI is InChI=1S/C11H11FN4O2/c1-2-18-11(17)7-6-14-16(10(7)13)9-5-3-4-8(12)15-9/h3-6H,2,13H2,1H3. The molecule has 0 radical (unpaired) electrons. The lowest BCUT2D eigenvalue weighted by Gasteiger charge is -2.04. The summed E-state index contributed by atoms with van der Waals surface area (Å²) in [7, 11) is 0. The van der Waals surface area contributed by atoms with Crippen LogP contribution >= 0.6 is 0 Å². The van der Waals surface area contributed by atoms with Gasteiger partial charge in [-0.15, -0.1) is 0 Å². The summed E-state index contributed by atoms with van der Waals surface area (Å²) in [6, 6.07) is 4.21. The molecular formula is C11H11FN4O2. The van der Waals surface area contributed by atoms with Crippen molar-refractivity contribution >= 4 is 11.8 Å². The highest BCUT2D eigenvalue weighted by Crippen LogP contribution is 2.16. The van der Waals surface area contributed by atoms with Gasteiger partial charge in [-0.3, -0.25) is 0 Å². The molecule has 18 heavy (non-hydrogen) atoms. The van der Waals surface area contributed by atoms with E-state index in [1.165, 1.54) is 29.1 Å². The Morgan fingerprint density at radius 3 is 3.00 bits per heavy atom. The van der Waals surface area contributed by atoms with Gasteiger partial charge < -0.3 is 10.5 Å². The number of ether oxygens (including phenoxy) is 1. The largest absolute Gasteiger partial charge is 0.462 e. The minimum atomic E-state index is -0.653. The van der Waals surface area contributed by atoms with Gasteiger partial charge in [0, 0.05) is 0 Å². The number of rotatable bonds is 3. The monoisotopic (exact) mass is 250 g/mol. The Morgan fingerprint density at radius 2 is 2.33 bits per heavy atom. The molecule has 0 aliphatic heterocycles. The van der Waals surface area contributed by atoms with Crippen molar-refractivity contribution in [2.24, 2.45) is 0 Å². The van der Waals surface area contributed by atoms with E-state index in [1.54, 1.807) is 6.92 Å². The van der Waals surface area contributed by atoms with Crippen molar-refractivity contribution in [3.8, 4) is 5.82 Å². The molecular weight excluding hydrogens is 239 g/mol. The minimum Gasteiger partial charge on any atom is -0.462 e. The van der Waals surface area contributed by atoms with Gasteiger partial charge in [-0.1, -0.05) is 6.07 Å². The highest BCUT2D eigenvalue weighted by molar-refractivity contribution is 5.94. The van der Waals surface area contributed by atoms with Crippen molar-refractivity contribution in [2.45, 2.75) is 6.92 Å². The van der Waals surface area contributed by atoms with E-state index in [0.29, 0.717) is 0 Å². The maximum atomic E-state index is 13.0. The molecule has 0 saturated heterocycles. The van der Waals surface area contributed by atoms with E-state index in [0.717, 1.165) is 0 Å². The summed E-state index contributed by atoms with van der Waals surface area (Å²) >= 11 is 0. The molecule has 0 unspecified atom stereocenters. The zero-order valence-electron chi connectivity index (χ0n) is 9.63. The highest BCUT2D eigenvalue weighted by Gasteiger charge is 2.17. The molecule has 0 aliphatic rings. The lowest BCUT2D eigenvalue weighted by molar-refractivity contribution is 0.0527.